The van der Waals surface area contributed by atoms with Crippen LogP contribution in [0.1, 0.15) is 57.5 Å². The summed E-state index contributed by atoms with van der Waals surface area (Å²) in [5, 5.41) is 9.75. The predicted octanol–water partition coefficient (Wildman–Crippen LogP) is 3.26. The topological polar surface area (TPSA) is 86.8 Å². The van der Waals surface area contributed by atoms with Crippen molar-refractivity contribution in [1.82, 2.24) is 25.1 Å². The van der Waals surface area contributed by atoms with Gasteiger partial charge in [0.15, 0.2) is 0 Å². The lowest BCUT2D eigenvalue weighted by Crippen LogP contribution is -2.41. The van der Waals surface area contributed by atoms with Crippen LogP contribution in [0, 0.1) is 0 Å². The molecule has 3 rings (SSSR count). The first kappa shape index (κ1) is 16.4. The smallest absolute Gasteiger partial charge is 0.317 e. The molecule has 0 bridgehead atoms. The summed E-state index contributed by atoms with van der Waals surface area (Å²) in [6.45, 7) is 6.92. The van der Waals surface area contributed by atoms with E-state index in [1.807, 2.05) is 11.1 Å². The van der Waals surface area contributed by atoms with Crippen LogP contribution in [-0.4, -0.2) is 37.6 Å². The van der Waals surface area contributed by atoms with Gasteiger partial charge in [-0.3, -0.25) is 5.10 Å². The van der Waals surface area contributed by atoms with Gasteiger partial charge in [-0.15, -0.1) is 0 Å². The zero-order chi connectivity index (χ0) is 17.2. The lowest BCUT2D eigenvalue weighted by molar-refractivity contribution is 0.163. The Hall–Kier alpha value is -2.44. The molecule has 1 fully saturated rings. The van der Waals surface area contributed by atoms with Crippen molar-refractivity contribution in [2.24, 2.45) is 0 Å². The van der Waals surface area contributed by atoms with Gasteiger partial charge in [-0.2, -0.15) is 5.10 Å². The van der Waals surface area contributed by atoms with Crippen molar-refractivity contribution < 1.29 is 4.79 Å². The van der Waals surface area contributed by atoms with Gasteiger partial charge in [-0.1, -0.05) is 20.8 Å². The third-order valence-corrected chi connectivity index (χ3v) is 4.24. The van der Waals surface area contributed by atoms with Gasteiger partial charge < -0.3 is 10.2 Å². The number of nitrogens with zero attached hydrogens (tertiary/aromatic N) is 4. The van der Waals surface area contributed by atoms with Crippen LogP contribution < -0.4 is 5.32 Å². The minimum atomic E-state index is -0.118. The normalized spacial score (nSPS) is 18.5. The van der Waals surface area contributed by atoms with Crippen LogP contribution in [0.3, 0.4) is 0 Å². The van der Waals surface area contributed by atoms with E-state index in [1.54, 1.807) is 18.6 Å². The fraction of sp³-hybridized carbons (Fsp3) is 0.529. The summed E-state index contributed by atoms with van der Waals surface area (Å²) in [4.78, 5) is 23.3. The minimum Gasteiger partial charge on any atom is -0.317 e. The molecule has 1 atom stereocenters. The number of carbonyl (C=O) groups is 1. The Morgan fingerprint density at radius 2 is 2.00 bits per heavy atom. The Labute approximate surface area is 141 Å². The van der Waals surface area contributed by atoms with Gasteiger partial charge >= 0.3 is 6.03 Å². The summed E-state index contributed by atoms with van der Waals surface area (Å²) in [5.41, 5.74) is 1.55. The Balaban J connectivity index is 1.71. The number of piperidine rings is 1. The Morgan fingerprint density at radius 1 is 1.25 bits per heavy atom. The predicted molar refractivity (Wildman–Crippen MR) is 91.6 cm³/mol. The van der Waals surface area contributed by atoms with Gasteiger partial charge in [0.25, 0.3) is 0 Å². The molecule has 1 aliphatic rings. The van der Waals surface area contributed by atoms with E-state index in [1.165, 1.54) is 0 Å². The summed E-state index contributed by atoms with van der Waals surface area (Å²) < 4.78 is 0. The molecule has 3 heterocycles. The summed E-state index contributed by atoms with van der Waals surface area (Å²) in [6, 6.07) is -0.0553. The zero-order valence-electron chi connectivity index (χ0n) is 14.4. The average Bonchev–Trinajstić information content (AvgIpc) is 3.09. The van der Waals surface area contributed by atoms with Crippen molar-refractivity contribution in [2.75, 3.05) is 11.9 Å². The molecule has 24 heavy (non-hydrogen) atoms. The number of nitrogens with one attached hydrogen (secondary N) is 2. The first-order valence-corrected chi connectivity index (χ1v) is 8.34. The maximum absolute atomic E-state index is 12.7. The molecule has 0 radical (unpaired) electrons. The zero-order valence-corrected chi connectivity index (χ0v) is 14.4. The first-order valence-electron chi connectivity index (χ1n) is 8.34. The molecule has 2 aromatic rings. The van der Waals surface area contributed by atoms with Gasteiger partial charge in [0, 0.05) is 23.7 Å². The largest absolute Gasteiger partial charge is 0.322 e. The fourth-order valence-electron chi connectivity index (χ4n) is 2.94. The molecule has 1 aliphatic heterocycles. The van der Waals surface area contributed by atoms with E-state index in [2.05, 4.69) is 46.3 Å². The molecule has 0 aromatic carbocycles. The van der Waals surface area contributed by atoms with E-state index >= 15 is 0 Å². The van der Waals surface area contributed by atoms with Crippen LogP contribution in [0.25, 0.3) is 0 Å². The highest BCUT2D eigenvalue weighted by molar-refractivity contribution is 5.89. The number of amides is 2. The van der Waals surface area contributed by atoms with E-state index in [4.69, 9.17) is 0 Å². The average molecular weight is 328 g/mol. The van der Waals surface area contributed by atoms with E-state index in [0.717, 1.165) is 37.2 Å². The van der Waals surface area contributed by atoms with Gasteiger partial charge in [0.1, 0.15) is 5.82 Å². The molecule has 2 aromatic heterocycles. The molecule has 0 aliphatic carbocycles. The second kappa shape index (κ2) is 6.59. The summed E-state index contributed by atoms with van der Waals surface area (Å²) >= 11 is 0. The molecule has 128 valence electrons. The van der Waals surface area contributed by atoms with Gasteiger partial charge in [-0.25, -0.2) is 14.8 Å². The molecule has 7 heteroatoms. The second-order valence-electron chi connectivity index (χ2n) is 7.21. The van der Waals surface area contributed by atoms with Crippen molar-refractivity contribution in [2.45, 2.75) is 51.5 Å². The third kappa shape index (κ3) is 3.55. The molecule has 0 spiro atoms. The third-order valence-electron chi connectivity index (χ3n) is 4.24. The van der Waals surface area contributed by atoms with Crippen LogP contribution in [0.2, 0.25) is 0 Å². The molecular weight excluding hydrogens is 304 g/mol. The van der Waals surface area contributed by atoms with Crippen LogP contribution >= 0.6 is 0 Å². The highest BCUT2D eigenvalue weighted by Crippen LogP contribution is 2.30. The van der Waals surface area contributed by atoms with Crippen molar-refractivity contribution in [3.8, 4) is 0 Å². The molecule has 2 N–H and O–H groups in total. The van der Waals surface area contributed by atoms with Gasteiger partial charge in [-0.05, 0) is 19.3 Å². The number of hydrogen-bond donors (Lipinski definition) is 2. The van der Waals surface area contributed by atoms with Crippen molar-refractivity contribution in [3.63, 3.8) is 0 Å². The maximum Gasteiger partial charge on any atom is 0.322 e. The SMILES string of the molecule is CC(C)(C)c1ncc(NC(=O)N2CCCC[C@H]2c2cn[nH]c2)cn1. The van der Waals surface area contributed by atoms with Crippen LogP contribution in [0.15, 0.2) is 24.8 Å². The van der Waals surface area contributed by atoms with Crippen LogP contribution in [0.5, 0.6) is 0 Å². The molecule has 7 nitrogen and oxygen atoms in total. The van der Waals surface area contributed by atoms with Crippen molar-refractivity contribution >= 4 is 11.7 Å². The molecule has 1 saturated heterocycles. The number of likely N-dealkylation sites (tertiary alicyclic amines) is 1. The number of anilines is 1. The second-order valence-corrected chi connectivity index (χ2v) is 7.21. The number of urea groups is 1. The number of H-pyrrole nitrogens is 1. The van der Waals surface area contributed by atoms with Crippen molar-refractivity contribution in [3.05, 3.63) is 36.2 Å². The summed E-state index contributed by atoms with van der Waals surface area (Å²) in [7, 11) is 0. The quantitative estimate of drug-likeness (QED) is 0.886. The van der Waals surface area contributed by atoms with E-state index < -0.39 is 0 Å². The highest BCUT2D eigenvalue weighted by atomic mass is 16.2. The van der Waals surface area contributed by atoms with Crippen LogP contribution in [-0.2, 0) is 5.41 Å². The number of hydrogen-bond acceptors (Lipinski definition) is 4. The van der Waals surface area contributed by atoms with Crippen molar-refractivity contribution in [1.29, 1.82) is 0 Å². The molecule has 2 amide bonds. The Kier molecular flexibility index (Phi) is 4.51. The summed E-state index contributed by atoms with van der Waals surface area (Å²) in [6.07, 6.45) is 10.1. The first-order chi connectivity index (χ1) is 11.4. The lowest BCUT2D eigenvalue weighted by Gasteiger charge is -2.35. The number of carbonyl (C=O) groups excluding carboxylic acids is 1. The maximum atomic E-state index is 12.7. The standard InChI is InChI=1S/C17H24N6O/c1-17(2,3)15-18-10-13(11-19-15)22-16(24)23-7-5-4-6-14(23)12-8-20-21-9-12/h8-11,14H,4-7H2,1-3H3,(H,20,21)(H,22,24)/t14-/m0/s1. The van der Waals surface area contributed by atoms with Gasteiger partial charge in [0.2, 0.25) is 0 Å². The fourth-order valence-corrected chi connectivity index (χ4v) is 2.94. The highest BCUT2D eigenvalue weighted by Gasteiger charge is 2.28. The van der Waals surface area contributed by atoms with E-state index in [-0.39, 0.29) is 17.5 Å². The molecule has 0 saturated carbocycles. The monoisotopic (exact) mass is 328 g/mol. The summed E-state index contributed by atoms with van der Waals surface area (Å²) in [5.74, 6) is 0.759. The Morgan fingerprint density at radius 3 is 2.62 bits per heavy atom. The number of aromatic nitrogens is 4. The van der Waals surface area contributed by atoms with E-state index in [9.17, 15) is 4.79 Å². The Bertz CT molecular complexity index is 674. The molecular formula is C17H24N6O. The van der Waals surface area contributed by atoms with Crippen LogP contribution in [0.4, 0.5) is 10.5 Å². The lowest BCUT2D eigenvalue weighted by atomic mass is 9.96. The number of aromatic amines is 1. The molecule has 0 unspecified atom stereocenters. The van der Waals surface area contributed by atoms with E-state index in [0.29, 0.717) is 5.69 Å². The minimum absolute atomic E-state index is 0.0623. The number of rotatable bonds is 2. The van der Waals surface area contributed by atoms with Gasteiger partial charge in [0.05, 0.1) is 30.3 Å².